The Labute approximate surface area is 805 Å². The molecule has 0 N–H and O–H groups in total. The molecule has 8 aromatic heterocycles. The Morgan fingerprint density at radius 1 is 0.171 bits per heavy atom. The third-order valence-electron chi connectivity index (χ3n) is 27.4. The topological polar surface area (TPSA) is 141 Å². The lowest BCUT2D eigenvalue weighted by Crippen LogP contribution is -2.15. The van der Waals surface area contributed by atoms with Crippen molar-refractivity contribution < 1.29 is 0 Å². The summed E-state index contributed by atoms with van der Waals surface area (Å²) in [5.41, 5.74) is 28.9. The maximum absolute atomic E-state index is 5.17. The van der Waals surface area contributed by atoms with E-state index in [0.29, 0.717) is 52.8 Å². The van der Waals surface area contributed by atoms with Gasteiger partial charge in [-0.25, -0.2) is 15.0 Å². The molecule has 0 aliphatic heterocycles. The molecule has 0 spiro atoms. The average Bonchev–Trinajstić information content (AvgIpc) is 1.55. The Hall–Kier alpha value is -18.8. The Morgan fingerprint density at radius 3 is 0.850 bits per heavy atom. The highest BCUT2D eigenvalue weighted by Crippen LogP contribution is 2.54. The molecule has 0 amide bonds. The molecule has 19 aromatic carbocycles. The first kappa shape index (κ1) is 81.9. The predicted molar refractivity (Wildman–Crippen MR) is 572 cm³/mol. The van der Waals surface area contributed by atoms with Gasteiger partial charge in [0.2, 0.25) is 17.8 Å². The largest absolute Gasteiger partial charge is 0.309 e. The van der Waals surface area contributed by atoms with Crippen molar-refractivity contribution in [1.82, 2.24) is 67.7 Å². The second-order valence-corrected chi connectivity index (χ2v) is 35.9. The van der Waals surface area contributed by atoms with Crippen LogP contribution in [0.25, 0.3) is 240 Å². The highest BCUT2D eigenvalue weighted by Gasteiger charge is 2.39. The van der Waals surface area contributed by atoms with Crippen molar-refractivity contribution in [3.05, 3.63) is 484 Å². The van der Waals surface area contributed by atoms with Gasteiger partial charge in [-0.05, 0) is 129 Å². The van der Waals surface area contributed by atoms with E-state index in [1.54, 1.807) is 0 Å². The fourth-order valence-corrected chi connectivity index (χ4v) is 21.0. The molecule has 0 saturated heterocycles. The fourth-order valence-electron chi connectivity index (χ4n) is 21.0. The summed E-state index contributed by atoms with van der Waals surface area (Å²) >= 11 is 0. The second kappa shape index (κ2) is 34.0. The van der Waals surface area contributed by atoms with Crippen LogP contribution in [0.1, 0.15) is 25.0 Å². The summed E-state index contributed by atoms with van der Waals surface area (Å²) in [5.74, 6) is 5.65. The van der Waals surface area contributed by atoms with E-state index in [-0.39, 0.29) is 5.41 Å². The van der Waals surface area contributed by atoms with Crippen LogP contribution < -0.4 is 0 Å². The minimum Gasteiger partial charge on any atom is -0.309 e. The SMILES string of the molecule is CC1(C)c2ccccc2-c2ccc3c(c21)c1ccccc1n3-c1nc(-c2ccccc2)nc(-c2ccccc2)n1.c1ccc(-c2nc(-c3ccccc3)nc(-n3c4ccccc4c4cc(-c5ccc(-c6ccc7c(c6)c6ccccc6n7-c6ccccc6)cc5)ccc43)n2)cc1.c1ccc(-c2nc(-c3ccccc3)nc(-n3c4ccccc4c4ccc5c6ccccc6n(-c6ccccc6)c5c43)n2)cc1. The van der Waals surface area contributed by atoms with E-state index in [1.165, 1.54) is 76.7 Å². The zero-order valence-electron chi connectivity index (χ0n) is 76.3. The number of rotatable bonds is 13. The average molecular weight is 1790 g/mol. The Balaban J connectivity index is 0.000000110. The van der Waals surface area contributed by atoms with Crippen LogP contribution in [0.3, 0.4) is 0 Å². The summed E-state index contributed by atoms with van der Waals surface area (Å²) in [7, 11) is 0. The van der Waals surface area contributed by atoms with Gasteiger partial charge >= 0.3 is 0 Å². The number of benzene rings is 19. The maximum Gasteiger partial charge on any atom is 0.238 e. The standard InChI is InChI=1S/C51H33N5.C39H25N5.C36H26N4/c1-4-14-36(15-5-1)49-52-50(37-16-6-2-7-17-37)54-51(53-49)56-46-23-13-11-21-42(46)44-33-39(29-31-48(44)56)35-26-24-34(25-27-35)38-28-30-47-43(32-38)41-20-10-12-22-45(41)55(47)40-18-8-3-9-19-40;1-4-14-26(15-5-1)37-40-38(27-16-6-2-7-17-27)42-39(41-37)44-34-23-13-11-21-30(34)32-25-24-31-29-20-10-12-22-33(29)43(35(31)36(32)44)28-18-8-3-9-19-28;1-36(2)28-19-11-9-17-25(28)26-21-22-30-31(32(26)36)27-18-10-12-20-29(27)40(30)35-38-33(23-13-5-3-6-14-23)37-34(39-35)24-15-7-4-8-16-24/h1-33H;1-25H;3-22H,1-2H3. The van der Waals surface area contributed by atoms with Crippen LogP contribution in [0.4, 0.5) is 0 Å². The summed E-state index contributed by atoms with van der Waals surface area (Å²) in [6.45, 7) is 4.68. The first-order valence-electron chi connectivity index (χ1n) is 47.2. The second-order valence-electron chi connectivity index (χ2n) is 35.9. The van der Waals surface area contributed by atoms with Crippen molar-refractivity contribution >= 4 is 109 Å². The normalized spacial score (nSPS) is 12.1. The van der Waals surface area contributed by atoms with Gasteiger partial charge in [0.15, 0.2) is 34.9 Å². The fraction of sp³-hybridized carbons (Fsp3) is 0.0238. The molecule has 0 unspecified atom stereocenters. The molecule has 1 aliphatic carbocycles. The Kier molecular flexibility index (Phi) is 19.9. The van der Waals surface area contributed by atoms with Crippen molar-refractivity contribution in [2.24, 2.45) is 0 Å². The summed E-state index contributed by atoms with van der Waals surface area (Å²) in [6, 6.07) is 165. The minimum atomic E-state index is -0.135. The third kappa shape index (κ3) is 14.0. The Morgan fingerprint density at radius 2 is 0.443 bits per heavy atom. The number of nitrogens with zero attached hydrogens (tertiary/aromatic N) is 14. The van der Waals surface area contributed by atoms with Crippen LogP contribution >= 0.6 is 0 Å². The zero-order chi connectivity index (χ0) is 92.9. The summed E-state index contributed by atoms with van der Waals surface area (Å²) in [5, 5.41) is 11.9. The predicted octanol–water partition coefficient (Wildman–Crippen LogP) is 30.7. The Bertz CT molecular complexity index is 9320. The molecule has 0 saturated carbocycles. The van der Waals surface area contributed by atoms with E-state index in [0.717, 1.165) is 122 Å². The molecule has 1 aliphatic rings. The lowest BCUT2D eigenvalue weighted by atomic mass is 9.80. The van der Waals surface area contributed by atoms with Gasteiger partial charge in [0.05, 0.1) is 55.2 Å². The van der Waals surface area contributed by atoms with Gasteiger partial charge in [-0.1, -0.05) is 402 Å². The van der Waals surface area contributed by atoms with Crippen molar-refractivity contribution in [1.29, 1.82) is 0 Å². The molecular weight excluding hydrogens is 1710 g/mol. The molecule has 14 nitrogen and oxygen atoms in total. The lowest BCUT2D eigenvalue weighted by molar-refractivity contribution is 0.666. The van der Waals surface area contributed by atoms with E-state index in [9.17, 15) is 0 Å². The lowest BCUT2D eigenvalue weighted by Gasteiger charge is -2.22. The van der Waals surface area contributed by atoms with Crippen molar-refractivity contribution in [3.63, 3.8) is 0 Å². The molecule has 0 atom stereocenters. The van der Waals surface area contributed by atoms with Crippen LogP contribution in [0, 0.1) is 0 Å². The van der Waals surface area contributed by atoms with E-state index in [2.05, 4.69) is 328 Å². The van der Waals surface area contributed by atoms with E-state index in [4.69, 9.17) is 44.9 Å². The molecule has 27 aromatic rings. The molecule has 0 bridgehead atoms. The number of para-hydroxylation sites is 7. The molecule has 0 fully saturated rings. The number of fused-ring (bicyclic) bond motifs is 20. The van der Waals surface area contributed by atoms with Crippen LogP contribution in [-0.4, -0.2) is 67.7 Å². The molecule has 140 heavy (non-hydrogen) atoms. The van der Waals surface area contributed by atoms with Crippen LogP contribution in [0.15, 0.2) is 473 Å². The number of hydrogen-bond acceptors (Lipinski definition) is 9. The van der Waals surface area contributed by atoms with E-state index in [1.807, 2.05) is 182 Å². The van der Waals surface area contributed by atoms with Gasteiger partial charge in [0, 0.05) is 104 Å². The van der Waals surface area contributed by atoms with Gasteiger partial charge in [0.1, 0.15) is 0 Å². The van der Waals surface area contributed by atoms with Gasteiger partial charge in [-0.15, -0.1) is 0 Å². The number of hydrogen-bond donors (Lipinski definition) is 0. The summed E-state index contributed by atoms with van der Waals surface area (Å²) in [4.78, 5) is 45.5. The van der Waals surface area contributed by atoms with Gasteiger partial charge in [-0.3, -0.25) is 13.7 Å². The van der Waals surface area contributed by atoms with Crippen LogP contribution in [0.5, 0.6) is 0 Å². The third-order valence-corrected chi connectivity index (χ3v) is 27.4. The quantitative estimate of drug-likeness (QED) is 0.110. The number of aromatic nitrogens is 14. The molecular formula is C126H84N14. The minimum absolute atomic E-state index is 0.135. The summed E-state index contributed by atoms with van der Waals surface area (Å²) in [6.07, 6.45) is 0. The highest BCUT2D eigenvalue weighted by molar-refractivity contribution is 6.24. The smallest absolute Gasteiger partial charge is 0.238 e. The zero-order valence-corrected chi connectivity index (χ0v) is 76.3. The van der Waals surface area contributed by atoms with E-state index < -0.39 is 0 Å². The summed E-state index contributed by atoms with van der Waals surface area (Å²) < 4.78 is 11.3. The van der Waals surface area contributed by atoms with Gasteiger partial charge in [-0.2, -0.15) is 29.9 Å². The monoisotopic (exact) mass is 1790 g/mol. The first-order chi connectivity index (χ1) is 69.2. The molecule has 0 radical (unpaired) electrons. The van der Waals surface area contributed by atoms with Crippen LogP contribution in [-0.2, 0) is 5.41 Å². The highest BCUT2D eigenvalue weighted by atomic mass is 15.2. The molecule has 8 heterocycles. The first-order valence-corrected chi connectivity index (χ1v) is 47.2. The van der Waals surface area contributed by atoms with Gasteiger partial charge in [0.25, 0.3) is 0 Å². The van der Waals surface area contributed by atoms with E-state index >= 15 is 0 Å². The van der Waals surface area contributed by atoms with Crippen molar-refractivity contribution in [2.45, 2.75) is 19.3 Å². The molecule has 28 rings (SSSR count). The molecule has 658 valence electrons. The van der Waals surface area contributed by atoms with Crippen LogP contribution in [0.2, 0.25) is 0 Å². The van der Waals surface area contributed by atoms with Crippen molar-refractivity contribution in [2.75, 3.05) is 0 Å². The molecule has 14 heteroatoms. The van der Waals surface area contributed by atoms with Gasteiger partial charge < -0.3 is 9.13 Å². The van der Waals surface area contributed by atoms with Crippen molar-refractivity contribution in [3.8, 4) is 131 Å². The maximum atomic E-state index is 5.17.